The minimum Gasteiger partial charge on any atom is -0.496 e. The number of carbonyl (C=O) groups is 1. The Kier molecular flexibility index (Phi) is 4.67. The van der Waals surface area contributed by atoms with Crippen LogP contribution in [0.1, 0.15) is 24.8 Å². The van der Waals surface area contributed by atoms with Crippen LogP contribution in [0.15, 0.2) is 18.2 Å². The first-order valence-corrected chi connectivity index (χ1v) is 9.91. The summed E-state index contributed by atoms with van der Waals surface area (Å²) in [7, 11) is 1.50. The van der Waals surface area contributed by atoms with E-state index in [1.54, 1.807) is 6.07 Å². The monoisotopic (exact) mass is 365 g/mol. The van der Waals surface area contributed by atoms with E-state index in [1.807, 2.05) is 16.7 Å². The number of benzene rings is 1. The zero-order valence-corrected chi connectivity index (χ0v) is 15.3. The summed E-state index contributed by atoms with van der Waals surface area (Å²) in [5.41, 5.74) is 0.736. The summed E-state index contributed by atoms with van der Waals surface area (Å²) in [5.74, 6) is 2.01. The van der Waals surface area contributed by atoms with Gasteiger partial charge in [-0.05, 0) is 31.2 Å². The lowest BCUT2D eigenvalue weighted by molar-refractivity contribution is -0.136. The van der Waals surface area contributed by atoms with E-state index in [0.717, 1.165) is 43.4 Å². The first-order valence-electron chi connectivity index (χ1n) is 8.93. The smallest absolute Gasteiger partial charge is 0.227 e. The van der Waals surface area contributed by atoms with E-state index in [2.05, 4.69) is 0 Å². The zero-order valence-electron chi connectivity index (χ0n) is 14.5. The van der Waals surface area contributed by atoms with Crippen LogP contribution in [0.4, 0.5) is 4.39 Å². The Morgan fingerprint density at radius 3 is 2.92 bits per heavy atom. The molecule has 1 spiro atoms. The molecule has 1 atom stereocenters. The Hall–Kier alpha value is -1.27. The number of hydrogen-bond acceptors (Lipinski definition) is 4. The second kappa shape index (κ2) is 6.80. The van der Waals surface area contributed by atoms with Gasteiger partial charge in [-0.2, -0.15) is 0 Å². The largest absolute Gasteiger partial charge is 0.496 e. The summed E-state index contributed by atoms with van der Waals surface area (Å²) < 4.78 is 24.7. The molecule has 1 aromatic rings. The number of ether oxygens (including phenoxy) is 2. The summed E-state index contributed by atoms with van der Waals surface area (Å²) in [5, 5.41) is 0. The number of rotatable bonds is 6. The number of methoxy groups -OCH3 is 1. The number of likely N-dealkylation sites (tertiary alicyclic amines) is 1. The van der Waals surface area contributed by atoms with Crippen LogP contribution in [0.2, 0.25) is 0 Å². The Balaban J connectivity index is 1.28. The second-order valence-electron chi connectivity index (χ2n) is 7.48. The highest BCUT2D eigenvalue weighted by Gasteiger charge is 2.50. The third-order valence-electron chi connectivity index (χ3n) is 5.34. The molecule has 136 valence electrons. The summed E-state index contributed by atoms with van der Waals surface area (Å²) in [6.07, 6.45) is 4.29. The van der Waals surface area contributed by atoms with Crippen LogP contribution in [-0.4, -0.2) is 54.2 Å². The number of amides is 1. The van der Waals surface area contributed by atoms with E-state index in [1.165, 1.54) is 32.1 Å². The van der Waals surface area contributed by atoms with Gasteiger partial charge >= 0.3 is 0 Å². The number of thioether (sulfide) groups is 1. The summed E-state index contributed by atoms with van der Waals surface area (Å²) in [4.78, 5) is 14.4. The van der Waals surface area contributed by atoms with Crippen molar-refractivity contribution in [3.05, 3.63) is 29.6 Å². The molecule has 2 heterocycles. The highest BCUT2D eigenvalue weighted by molar-refractivity contribution is 8.01. The average molecular weight is 365 g/mol. The lowest BCUT2D eigenvalue weighted by Gasteiger charge is -2.47. The molecule has 0 radical (unpaired) electrons. The van der Waals surface area contributed by atoms with E-state index < -0.39 is 0 Å². The molecule has 1 aromatic carbocycles. The maximum absolute atomic E-state index is 13.3. The van der Waals surface area contributed by atoms with Gasteiger partial charge in [0.25, 0.3) is 0 Å². The fourth-order valence-corrected chi connectivity index (χ4v) is 5.20. The van der Waals surface area contributed by atoms with Gasteiger partial charge in [-0.15, -0.1) is 11.8 Å². The number of carbonyl (C=O) groups excluding carboxylic acids is 1. The molecule has 2 aliphatic heterocycles. The topological polar surface area (TPSA) is 38.8 Å². The van der Waals surface area contributed by atoms with Gasteiger partial charge < -0.3 is 14.4 Å². The van der Waals surface area contributed by atoms with Crippen LogP contribution in [0.3, 0.4) is 0 Å². The van der Waals surface area contributed by atoms with Crippen LogP contribution in [0.5, 0.6) is 5.75 Å². The summed E-state index contributed by atoms with van der Waals surface area (Å²) in [6.45, 7) is 2.50. The molecule has 25 heavy (non-hydrogen) atoms. The second-order valence-corrected chi connectivity index (χ2v) is 8.97. The van der Waals surface area contributed by atoms with Gasteiger partial charge in [-0.1, -0.05) is 6.07 Å². The number of hydrogen-bond donors (Lipinski definition) is 0. The SMILES string of the molecule is COc1cc(F)ccc1CC(=O)N1CC2(CC(OCC3CC3)CS2)C1. The molecule has 1 unspecified atom stereocenters. The van der Waals surface area contributed by atoms with E-state index in [4.69, 9.17) is 9.47 Å². The van der Waals surface area contributed by atoms with Gasteiger partial charge in [0, 0.05) is 37.1 Å². The molecule has 3 aliphatic rings. The lowest BCUT2D eigenvalue weighted by atomic mass is 9.92. The molecule has 2 saturated heterocycles. The van der Waals surface area contributed by atoms with Crippen molar-refractivity contribution in [3.8, 4) is 5.75 Å². The molecule has 4 nitrogen and oxygen atoms in total. The molecule has 1 amide bonds. The quantitative estimate of drug-likeness (QED) is 0.777. The van der Waals surface area contributed by atoms with Crippen molar-refractivity contribution < 1.29 is 18.7 Å². The molecule has 1 aliphatic carbocycles. The maximum Gasteiger partial charge on any atom is 0.227 e. The van der Waals surface area contributed by atoms with E-state index >= 15 is 0 Å². The molecule has 0 aromatic heterocycles. The maximum atomic E-state index is 13.3. The number of halogens is 1. The molecule has 1 saturated carbocycles. The van der Waals surface area contributed by atoms with E-state index in [0.29, 0.717) is 11.9 Å². The highest BCUT2D eigenvalue weighted by atomic mass is 32.2. The van der Waals surface area contributed by atoms with Crippen molar-refractivity contribution in [3.63, 3.8) is 0 Å². The fourth-order valence-electron chi connectivity index (χ4n) is 3.65. The van der Waals surface area contributed by atoms with Crippen LogP contribution in [0.25, 0.3) is 0 Å². The third kappa shape index (κ3) is 3.80. The zero-order chi connectivity index (χ0) is 17.4. The lowest BCUT2D eigenvalue weighted by Crippen LogP contribution is -2.61. The van der Waals surface area contributed by atoms with Crippen molar-refractivity contribution in [1.82, 2.24) is 4.90 Å². The fraction of sp³-hybridized carbons (Fsp3) is 0.632. The Morgan fingerprint density at radius 2 is 2.20 bits per heavy atom. The van der Waals surface area contributed by atoms with Crippen LogP contribution in [-0.2, 0) is 16.0 Å². The summed E-state index contributed by atoms with van der Waals surface area (Å²) in [6, 6.07) is 4.33. The van der Waals surface area contributed by atoms with E-state index in [9.17, 15) is 9.18 Å². The average Bonchev–Trinajstić information content (AvgIpc) is 3.30. The predicted octanol–water partition coefficient (Wildman–Crippen LogP) is 2.89. The first-order chi connectivity index (χ1) is 12.1. The van der Waals surface area contributed by atoms with E-state index in [-0.39, 0.29) is 22.9 Å². The van der Waals surface area contributed by atoms with Crippen LogP contribution in [0, 0.1) is 11.7 Å². The summed E-state index contributed by atoms with van der Waals surface area (Å²) >= 11 is 1.96. The van der Waals surface area contributed by atoms with Gasteiger partial charge in [-0.25, -0.2) is 4.39 Å². The van der Waals surface area contributed by atoms with Crippen molar-refractivity contribution in [1.29, 1.82) is 0 Å². The Morgan fingerprint density at radius 1 is 1.40 bits per heavy atom. The van der Waals surface area contributed by atoms with Crippen molar-refractivity contribution in [2.75, 3.05) is 32.6 Å². The predicted molar refractivity (Wildman–Crippen MR) is 95.5 cm³/mol. The normalized spacial score (nSPS) is 24.4. The Labute approximate surface area is 152 Å². The molecule has 3 fully saturated rings. The van der Waals surface area contributed by atoms with Crippen LogP contribution >= 0.6 is 11.8 Å². The van der Waals surface area contributed by atoms with Gasteiger partial charge in [-0.3, -0.25) is 4.79 Å². The molecule has 6 heteroatoms. The molecular formula is C19H24FNO3S. The van der Waals surface area contributed by atoms with Crippen molar-refractivity contribution in [2.45, 2.75) is 36.5 Å². The Bertz CT molecular complexity index is 658. The van der Waals surface area contributed by atoms with Crippen LogP contribution < -0.4 is 4.74 Å². The minimum absolute atomic E-state index is 0.0819. The minimum atomic E-state index is -0.351. The molecule has 4 rings (SSSR count). The van der Waals surface area contributed by atoms with Crippen molar-refractivity contribution in [2.24, 2.45) is 5.92 Å². The standard InChI is InChI=1S/C19H24FNO3S/c1-23-17-7-15(20)5-4-14(17)6-18(22)21-11-19(12-21)8-16(10-25-19)24-9-13-2-3-13/h4-5,7,13,16H,2-3,6,8-12H2,1H3. The highest BCUT2D eigenvalue weighted by Crippen LogP contribution is 2.46. The molecular weight excluding hydrogens is 341 g/mol. The van der Waals surface area contributed by atoms with Gasteiger partial charge in [0.1, 0.15) is 11.6 Å². The third-order valence-corrected chi connectivity index (χ3v) is 6.92. The van der Waals surface area contributed by atoms with Gasteiger partial charge in [0.15, 0.2) is 0 Å². The number of nitrogens with zero attached hydrogens (tertiary/aromatic N) is 1. The molecule has 0 bridgehead atoms. The first kappa shape index (κ1) is 17.2. The van der Waals surface area contributed by atoms with Gasteiger partial charge in [0.05, 0.1) is 24.4 Å². The molecule has 0 N–H and O–H groups in total. The van der Waals surface area contributed by atoms with Crippen molar-refractivity contribution >= 4 is 17.7 Å². The van der Waals surface area contributed by atoms with Gasteiger partial charge in [0.2, 0.25) is 5.91 Å².